The second-order valence-corrected chi connectivity index (χ2v) is 9.04. The number of carbonyl (C=O) groups excluding carboxylic acids is 2. The van der Waals surface area contributed by atoms with Gasteiger partial charge in [0, 0.05) is 12.1 Å². The Hall–Kier alpha value is -2.45. The summed E-state index contributed by atoms with van der Waals surface area (Å²) in [5.74, 6) is 0.262. The number of hydrogen-bond acceptors (Lipinski definition) is 7. The van der Waals surface area contributed by atoms with Gasteiger partial charge in [-0.2, -0.15) is 0 Å². The number of benzene rings is 1. The average Bonchev–Trinajstić information content (AvgIpc) is 3.50. The fraction of sp³-hybridized carbons (Fsp3) is 0.364. The van der Waals surface area contributed by atoms with Crippen molar-refractivity contribution in [3.8, 4) is 10.7 Å². The van der Waals surface area contributed by atoms with Crippen LogP contribution < -0.4 is 0 Å². The van der Waals surface area contributed by atoms with Crippen molar-refractivity contribution in [2.45, 2.75) is 50.9 Å². The lowest BCUT2D eigenvalue weighted by molar-refractivity contribution is -0.143. The Labute approximate surface area is 183 Å². The summed E-state index contributed by atoms with van der Waals surface area (Å²) in [6.45, 7) is 4.34. The van der Waals surface area contributed by atoms with Crippen molar-refractivity contribution < 1.29 is 14.3 Å². The molecule has 30 heavy (non-hydrogen) atoms. The molecule has 1 aromatic carbocycles. The summed E-state index contributed by atoms with van der Waals surface area (Å²) in [7, 11) is 0. The van der Waals surface area contributed by atoms with E-state index in [1.54, 1.807) is 18.3 Å². The van der Waals surface area contributed by atoms with E-state index in [4.69, 9.17) is 4.74 Å². The summed E-state index contributed by atoms with van der Waals surface area (Å²) in [6.07, 6.45) is 2.39. The summed E-state index contributed by atoms with van der Waals surface area (Å²) in [5, 5.41) is 11.1. The SMILES string of the molecule is CCn1c(SCC(=O)OC(C)C(=O)c2ccc3c(c2)CCC3)nnc1-c1cccs1. The van der Waals surface area contributed by atoms with Crippen LogP contribution >= 0.6 is 23.1 Å². The lowest BCUT2D eigenvalue weighted by Gasteiger charge is -2.13. The van der Waals surface area contributed by atoms with E-state index in [1.807, 2.05) is 47.2 Å². The van der Waals surface area contributed by atoms with E-state index in [2.05, 4.69) is 10.2 Å². The van der Waals surface area contributed by atoms with Crippen molar-refractivity contribution in [1.29, 1.82) is 0 Å². The Morgan fingerprint density at radius 3 is 2.83 bits per heavy atom. The number of ketones is 1. The molecule has 1 unspecified atom stereocenters. The van der Waals surface area contributed by atoms with Crippen molar-refractivity contribution in [2.24, 2.45) is 0 Å². The van der Waals surface area contributed by atoms with Crippen molar-refractivity contribution in [1.82, 2.24) is 14.8 Å². The van der Waals surface area contributed by atoms with E-state index >= 15 is 0 Å². The van der Waals surface area contributed by atoms with Gasteiger partial charge in [0.05, 0.1) is 10.6 Å². The molecule has 3 aromatic rings. The number of fused-ring (bicyclic) bond motifs is 1. The number of ether oxygens (including phenoxy) is 1. The highest BCUT2D eigenvalue weighted by molar-refractivity contribution is 7.99. The van der Waals surface area contributed by atoms with Gasteiger partial charge in [0.25, 0.3) is 0 Å². The minimum absolute atomic E-state index is 0.0738. The van der Waals surface area contributed by atoms with E-state index in [0.29, 0.717) is 17.3 Å². The minimum atomic E-state index is -0.816. The van der Waals surface area contributed by atoms with Crippen LogP contribution in [0.15, 0.2) is 40.9 Å². The number of esters is 1. The number of Topliss-reactive ketones (excluding diaryl/α,β-unsaturated/α-hetero) is 1. The Morgan fingerprint density at radius 2 is 2.07 bits per heavy atom. The molecule has 0 aliphatic heterocycles. The summed E-state index contributed by atoms with van der Waals surface area (Å²) < 4.78 is 7.37. The van der Waals surface area contributed by atoms with Crippen LogP contribution in [0, 0.1) is 0 Å². The van der Waals surface area contributed by atoms with Crippen LogP contribution in [0.5, 0.6) is 0 Å². The zero-order valence-electron chi connectivity index (χ0n) is 17.0. The molecule has 2 aromatic heterocycles. The molecular formula is C22H23N3O3S2. The van der Waals surface area contributed by atoms with Gasteiger partial charge in [-0.1, -0.05) is 30.0 Å². The minimum Gasteiger partial charge on any atom is -0.454 e. The molecule has 0 fully saturated rings. The first-order valence-electron chi connectivity index (χ1n) is 10.0. The Morgan fingerprint density at radius 1 is 1.23 bits per heavy atom. The van der Waals surface area contributed by atoms with Gasteiger partial charge in [0.2, 0.25) is 5.78 Å². The van der Waals surface area contributed by atoms with Crippen LogP contribution in [0.2, 0.25) is 0 Å². The molecule has 1 atom stereocenters. The predicted octanol–water partition coefficient (Wildman–Crippen LogP) is 4.42. The van der Waals surface area contributed by atoms with E-state index in [0.717, 1.165) is 30.0 Å². The van der Waals surface area contributed by atoms with Gasteiger partial charge in [0.1, 0.15) is 0 Å². The molecule has 4 rings (SSSR count). The number of aromatic nitrogens is 3. The normalized spacial score (nSPS) is 13.8. The number of carbonyl (C=O) groups is 2. The number of rotatable bonds is 8. The molecule has 6 nitrogen and oxygen atoms in total. The second kappa shape index (κ2) is 9.14. The number of thiophene rings is 1. The highest BCUT2D eigenvalue weighted by Crippen LogP contribution is 2.27. The van der Waals surface area contributed by atoms with Gasteiger partial charge in [-0.3, -0.25) is 9.59 Å². The van der Waals surface area contributed by atoms with Gasteiger partial charge in [-0.05, 0) is 61.7 Å². The number of thioether (sulfide) groups is 1. The molecule has 1 aliphatic carbocycles. The third-order valence-corrected chi connectivity index (χ3v) is 6.96. The Balaban J connectivity index is 1.35. The highest BCUT2D eigenvalue weighted by Gasteiger charge is 2.22. The van der Waals surface area contributed by atoms with Gasteiger partial charge >= 0.3 is 5.97 Å². The standard InChI is InChI=1S/C22H23N3O3S2/c1-3-25-21(18-8-5-11-29-18)23-24-22(25)30-13-19(26)28-14(2)20(27)17-10-9-15-6-4-7-16(15)12-17/h5,8-12,14H,3-4,6-7,13H2,1-2H3. The molecule has 0 spiro atoms. The van der Waals surface area contributed by atoms with Crippen LogP contribution in [0.1, 0.15) is 41.8 Å². The molecule has 0 saturated heterocycles. The Kier molecular flexibility index (Phi) is 6.34. The highest BCUT2D eigenvalue weighted by atomic mass is 32.2. The van der Waals surface area contributed by atoms with E-state index < -0.39 is 12.1 Å². The summed E-state index contributed by atoms with van der Waals surface area (Å²) >= 11 is 2.87. The summed E-state index contributed by atoms with van der Waals surface area (Å²) in [4.78, 5) is 26.0. The first kappa shape index (κ1) is 20.8. The maximum atomic E-state index is 12.7. The van der Waals surface area contributed by atoms with Crippen molar-refractivity contribution in [3.05, 3.63) is 52.4 Å². The predicted molar refractivity (Wildman–Crippen MR) is 118 cm³/mol. The molecule has 0 radical (unpaired) electrons. The zero-order valence-corrected chi connectivity index (χ0v) is 18.6. The maximum absolute atomic E-state index is 12.7. The lowest BCUT2D eigenvalue weighted by atomic mass is 10.0. The molecule has 156 valence electrons. The number of hydrogen-bond donors (Lipinski definition) is 0. The van der Waals surface area contributed by atoms with Crippen LogP contribution in [-0.2, 0) is 28.9 Å². The van der Waals surface area contributed by atoms with Gasteiger partial charge < -0.3 is 9.30 Å². The monoisotopic (exact) mass is 441 g/mol. The molecule has 2 heterocycles. The molecular weight excluding hydrogens is 418 g/mol. The van der Waals surface area contributed by atoms with Crippen molar-refractivity contribution >= 4 is 34.9 Å². The molecule has 1 aliphatic rings. The second-order valence-electron chi connectivity index (χ2n) is 7.15. The fourth-order valence-corrected chi connectivity index (χ4v) is 5.14. The zero-order chi connectivity index (χ0) is 21.1. The molecule has 8 heteroatoms. The molecule has 0 saturated carbocycles. The van der Waals surface area contributed by atoms with Crippen LogP contribution in [0.25, 0.3) is 10.7 Å². The molecule has 0 N–H and O–H groups in total. The largest absolute Gasteiger partial charge is 0.454 e. The third kappa shape index (κ3) is 4.34. The van der Waals surface area contributed by atoms with E-state index in [9.17, 15) is 9.59 Å². The van der Waals surface area contributed by atoms with Crippen molar-refractivity contribution in [3.63, 3.8) is 0 Å². The maximum Gasteiger partial charge on any atom is 0.317 e. The average molecular weight is 442 g/mol. The van der Waals surface area contributed by atoms with Crippen LogP contribution in [0.3, 0.4) is 0 Å². The Bertz CT molecular complexity index is 1060. The van der Waals surface area contributed by atoms with E-state index in [-0.39, 0.29) is 11.5 Å². The van der Waals surface area contributed by atoms with Crippen LogP contribution in [0.4, 0.5) is 0 Å². The first-order valence-corrected chi connectivity index (χ1v) is 11.9. The topological polar surface area (TPSA) is 74.1 Å². The number of aryl methyl sites for hydroxylation is 2. The quantitative estimate of drug-likeness (QED) is 0.293. The van der Waals surface area contributed by atoms with Gasteiger partial charge in [-0.25, -0.2) is 0 Å². The molecule has 0 amide bonds. The van der Waals surface area contributed by atoms with Crippen molar-refractivity contribution in [2.75, 3.05) is 5.75 Å². The fourth-order valence-electron chi connectivity index (χ4n) is 3.64. The third-order valence-electron chi connectivity index (χ3n) is 5.15. The first-order chi connectivity index (χ1) is 14.6. The summed E-state index contributed by atoms with van der Waals surface area (Å²) in [5.41, 5.74) is 3.15. The smallest absolute Gasteiger partial charge is 0.317 e. The summed E-state index contributed by atoms with van der Waals surface area (Å²) in [6, 6.07) is 9.76. The number of nitrogens with zero attached hydrogens (tertiary/aromatic N) is 3. The van der Waals surface area contributed by atoms with Gasteiger partial charge in [0.15, 0.2) is 17.1 Å². The molecule has 0 bridgehead atoms. The van der Waals surface area contributed by atoms with Gasteiger partial charge in [-0.15, -0.1) is 21.5 Å². The van der Waals surface area contributed by atoms with E-state index in [1.165, 1.54) is 22.9 Å². The van der Waals surface area contributed by atoms with Crippen LogP contribution in [-0.4, -0.2) is 38.4 Å². The lowest BCUT2D eigenvalue weighted by Crippen LogP contribution is -2.25.